The van der Waals surface area contributed by atoms with E-state index in [1.165, 1.54) is 11.3 Å². The van der Waals surface area contributed by atoms with Crippen LogP contribution in [0.1, 0.15) is 17.3 Å². The fourth-order valence-electron chi connectivity index (χ4n) is 4.25. The molecule has 3 aromatic carbocycles. The first-order valence-electron chi connectivity index (χ1n) is 11.5. The van der Waals surface area contributed by atoms with Crippen molar-refractivity contribution in [1.82, 2.24) is 9.88 Å². The van der Waals surface area contributed by atoms with Gasteiger partial charge in [0.05, 0.1) is 35.1 Å². The van der Waals surface area contributed by atoms with Crippen LogP contribution in [-0.4, -0.2) is 61.8 Å². The van der Waals surface area contributed by atoms with Crippen LogP contribution in [-0.2, 0) is 4.74 Å². The summed E-state index contributed by atoms with van der Waals surface area (Å²) in [6, 6.07) is 17.5. The smallest absolute Gasteiger partial charge is 0.264 e. The number of aromatic nitrogens is 1. The highest BCUT2D eigenvalue weighted by molar-refractivity contribution is 7.22. The first kappa shape index (κ1) is 23.1. The zero-order valence-electron chi connectivity index (χ0n) is 19.0. The van der Waals surface area contributed by atoms with Crippen LogP contribution >= 0.6 is 22.9 Å². The second-order valence-electron chi connectivity index (χ2n) is 8.09. The van der Waals surface area contributed by atoms with E-state index >= 15 is 0 Å². The van der Waals surface area contributed by atoms with Gasteiger partial charge >= 0.3 is 0 Å². The van der Waals surface area contributed by atoms with Crippen molar-refractivity contribution in [1.29, 1.82) is 0 Å². The Morgan fingerprint density at radius 1 is 1.15 bits per heavy atom. The standard InChI is InChI=1S/C26H26ClN3O3S/c1-2-33-21-11-10-18-6-3-4-7-19(18)23(21)25(31)30(13-12-29-14-16-32-17-15-29)26-28-24-20(27)8-5-9-22(24)34-26/h3-11H,2,12-17H2,1H3. The van der Waals surface area contributed by atoms with Crippen LogP contribution in [0.5, 0.6) is 5.75 Å². The Labute approximate surface area is 207 Å². The second kappa shape index (κ2) is 10.3. The number of para-hydroxylation sites is 1. The van der Waals surface area contributed by atoms with E-state index in [1.807, 2.05) is 61.5 Å². The average molecular weight is 496 g/mol. The molecule has 176 valence electrons. The van der Waals surface area contributed by atoms with Crippen LogP contribution in [0.2, 0.25) is 5.02 Å². The number of amides is 1. The predicted molar refractivity (Wildman–Crippen MR) is 139 cm³/mol. The van der Waals surface area contributed by atoms with Gasteiger partial charge in [0.2, 0.25) is 0 Å². The van der Waals surface area contributed by atoms with E-state index in [0.29, 0.717) is 47.8 Å². The van der Waals surface area contributed by atoms with Gasteiger partial charge in [0.1, 0.15) is 11.3 Å². The molecule has 0 spiro atoms. The Morgan fingerprint density at radius 2 is 1.97 bits per heavy atom. The zero-order valence-corrected chi connectivity index (χ0v) is 20.6. The van der Waals surface area contributed by atoms with E-state index in [2.05, 4.69) is 4.90 Å². The predicted octanol–water partition coefficient (Wildman–Crippen LogP) is 5.48. The number of thiazole rings is 1. The summed E-state index contributed by atoms with van der Waals surface area (Å²) in [7, 11) is 0. The number of hydrogen-bond acceptors (Lipinski definition) is 6. The molecule has 1 aliphatic heterocycles. The first-order chi connectivity index (χ1) is 16.7. The molecular formula is C26H26ClN3O3S. The van der Waals surface area contributed by atoms with Gasteiger partial charge in [0, 0.05) is 26.2 Å². The van der Waals surface area contributed by atoms with Gasteiger partial charge in [0.15, 0.2) is 5.13 Å². The molecule has 1 aromatic heterocycles. The summed E-state index contributed by atoms with van der Waals surface area (Å²) < 4.78 is 12.4. The molecule has 6 nitrogen and oxygen atoms in total. The van der Waals surface area contributed by atoms with Crippen molar-refractivity contribution in [2.45, 2.75) is 6.92 Å². The fraction of sp³-hybridized carbons (Fsp3) is 0.308. The SMILES string of the molecule is CCOc1ccc2ccccc2c1C(=O)N(CCN1CCOCC1)c1nc2c(Cl)cccc2s1. The molecule has 1 amide bonds. The number of fused-ring (bicyclic) bond motifs is 2. The lowest BCUT2D eigenvalue weighted by molar-refractivity contribution is 0.0391. The van der Waals surface area contributed by atoms with Crippen molar-refractivity contribution in [2.24, 2.45) is 0 Å². The van der Waals surface area contributed by atoms with Crippen molar-refractivity contribution >= 4 is 55.0 Å². The third-order valence-corrected chi connectivity index (χ3v) is 7.33. The van der Waals surface area contributed by atoms with Gasteiger partial charge in [0.25, 0.3) is 5.91 Å². The molecule has 0 atom stereocenters. The maximum atomic E-state index is 14.2. The minimum atomic E-state index is -0.122. The fourth-order valence-corrected chi connectivity index (χ4v) is 5.54. The van der Waals surface area contributed by atoms with Crippen LogP contribution in [0.3, 0.4) is 0 Å². The Kier molecular flexibility index (Phi) is 6.97. The van der Waals surface area contributed by atoms with Crippen LogP contribution in [0, 0.1) is 0 Å². The van der Waals surface area contributed by atoms with E-state index in [1.54, 1.807) is 4.90 Å². The minimum absolute atomic E-state index is 0.122. The van der Waals surface area contributed by atoms with Crippen LogP contribution in [0.4, 0.5) is 5.13 Å². The molecule has 4 aromatic rings. The molecule has 5 rings (SSSR count). The third-order valence-electron chi connectivity index (χ3n) is 5.98. The van der Waals surface area contributed by atoms with Gasteiger partial charge in [-0.1, -0.05) is 59.3 Å². The minimum Gasteiger partial charge on any atom is -0.493 e. The van der Waals surface area contributed by atoms with Gasteiger partial charge in [-0.25, -0.2) is 4.98 Å². The molecule has 8 heteroatoms. The number of rotatable bonds is 7. The Morgan fingerprint density at radius 3 is 2.76 bits per heavy atom. The lowest BCUT2D eigenvalue weighted by Gasteiger charge is -2.29. The van der Waals surface area contributed by atoms with Crippen molar-refractivity contribution in [3.05, 3.63) is 65.2 Å². The number of anilines is 1. The molecule has 0 bridgehead atoms. The van der Waals surface area contributed by atoms with Gasteiger partial charge in [-0.05, 0) is 35.9 Å². The number of morpholine rings is 1. The van der Waals surface area contributed by atoms with Crippen molar-refractivity contribution in [2.75, 3.05) is 50.9 Å². The molecule has 2 heterocycles. The molecular weight excluding hydrogens is 470 g/mol. The molecule has 0 unspecified atom stereocenters. The number of ether oxygens (including phenoxy) is 2. The van der Waals surface area contributed by atoms with Gasteiger partial charge < -0.3 is 9.47 Å². The Hall–Kier alpha value is -2.71. The molecule has 1 saturated heterocycles. The van der Waals surface area contributed by atoms with E-state index in [-0.39, 0.29) is 5.91 Å². The topological polar surface area (TPSA) is 54.9 Å². The first-order valence-corrected chi connectivity index (χ1v) is 12.7. The number of benzene rings is 3. The summed E-state index contributed by atoms with van der Waals surface area (Å²) in [5.74, 6) is 0.463. The second-order valence-corrected chi connectivity index (χ2v) is 9.50. The maximum Gasteiger partial charge on any atom is 0.264 e. The summed E-state index contributed by atoms with van der Waals surface area (Å²) in [4.78, 5) is 23.1. The normalized spacial score (nSPS) is 14.5. The summed E-state index contributed by atoms with van der Waals surface area (Å²) in [5, 5.41) is 3.08. The summed E-state index contributed by atoms with van der Waals surface area (Å²) in [5.41, 5.74) is 1.28. The van der Waals surface area contributed by atoms with E-state index in [4.69, 9.17) is 26.1 Å². The molecule has 1 aliphatic rings. The Balaban J connectivity index is 1.58. The third kappa shape index (κ3) is 4.61. The lowest BCUT2D eigenvalue weighted by Crippen LogP contribution is -2.43. The zero-order chi connectivity index (χ0) is 23.5. The van der Waals surface area contributed by atoms with Gasteiger partial charge in [-0.15, -0.1) is 0 Å². The summed E-state index contributed by atoms with van der Waals surface area (Å²) in [6.07, 6.45) is 0. The van der Waals surface area contributed by atoms with Crippen LogP contribution < -0.4 is 9.64 Å². The number of carbonyl (C=O) groups is 1. The number of hydrogen-bond donors (Lipinski definition) is 0. The van der Waals surface area contributed by atoms with Gasteiger partial charge in [-0.2, -0.15) is 0 Å². The molecule has 0 aliphatic carbocycles. The highest BCUT2D eigenvalue weighted by atomic mass is 35.5. The molecule has 1 fully saturated rings. The number of halogens is 1. The molecule has 0 saturated carbocycles. The van der Waals surface area contributed by atoms with Crippen molar-refractivity contribution in [3.63, 3.8) is 0 Å². The maximum absolute atomic E-state index is 14.2. The summed E-state index contributed by atoms with van der Waals surface area (Å²) in [6.45, 7) is 6.76. The largest absolute Gasteiger partial charge is 0.493 e. The number of nitrogens with zero attached hydrogens (tertiary/aromatic N) is 3. The average Bonchev–Trinajstić information content (AvgIpc) is 3.30. The van der Waals surface area contributed by atoms with Crippen molar-refractivity contribution in [3.8, 4) is 5.75 Å². The van der Waals surface area contributed by atoms with E-state index < -0.39 is 0 Å². The number of carbonyl (C=O) groups excluding carboxylic acids is 1. The summed E-state index contributed by atoms with van der Waals surface area (Å²) >= 11 is 7.89. The highest BCUT2D eigenvalue weighted by Crippen LogP contribution is 2.36. The Bertz CT molecular complexity index is 1320. The molecule has 0 radical (unpaired) electrons. The van der Waals surface area contributed by atoms with Gasteiger partial charge in [-0.3, -0.25) is 14.6 Å². The monoisotopic (exact) mass is 495 g/mol. The molecule has 34 heavy (non-hydrogen) atoms. The quantitative estimate of drug-likeness (QED) is 0.340. The van der Waals surface area contributed by atoms with E-state index in [9.17, 15) is 4.79 Å². The van der Waals surface area contributed by atoms with Crippen LogP contribution in [0.25, 0.3) is 21.0 Å². The van der Waals surface area contributed by atoms with Crippen LogP contribution in [0.15, 0.2) is 54.6 Å². The highest BCUT2D eigenvalue weighted by Gasteiger charge is 2.27. The van der Waals surface area contributed by atoms with Crippen molar-refractivity contribution < 1.29 is 14.3 Å². The van der Waals surface area contributed by atoms with E-state index in [0.717, 1.165) is 40.6 Å². The molecule has 0 N–H and O–H groups in total. The lowest BCUT2D eigenvalue weighted by atomic mass is 10.0.